The zero-order valence-corrected chi connectivity index (χ0v) is 19.8. The van der Waals surface area contributed by atoms with E-state index < -0.39 is 0 Å². The maximum absolute atomic E-state index is 6.07. The van der Waals surface area contributed by atoms with Gasteiger partial charge in [0.25, 0.3) is 0 Å². The van der Waals surface area contributed by atoms with Gasteiger partial charge in [-0.1, -0.05) is 0 Å². The third-order valence-electron chi connectivity index (χ3n) is 4.39. The van der Waals surface area contributed by atoms with E-state index in [0.717, 1.165) is 62.0 Å². The lowest BCUT2D eigenvalue weighted by atomic mass is 10.1. The lowest BCUT2D eigenvalue weighted by Crippen LogP contribution is -2.17. The molecule has 3 unspecified atom stereocenters. The smallest absolute Gasteiger partial charge is 0.157 e. The van der Waals surface area contributed by atoms with Crippen LogP contribution in [0.4, 0.5) is 0 Å². The molecule has 0 heterocycles. The van der Waals surface area contributed by atoms with Gasteiger partial charge in [-0.25, -0.2) is 0 Å². The summed E-state index contributed by atoms with van der Waals surface area (Å²) in [5.74, 6) is 0. The van der Waals surface area contributed by atoms with Crippen molar-refractivity contribution in [3.05, 3.63) is 0 Å². The Balaban J connectivity index is 3.86. The van der Waals surface area contributed by atoms with E-state index in [1.54, 1.807) is 28.4 Å². The molecule has 164 valence electrons. The van der Waals surface area contributed by atoms with Gasteiger partial charge in [-0.05, 0) is 56.9 Å². The molecule has 0 aliphatic rings. The van der Waals surface area contributed by atoms with E-state index in [4.69, 9.17) is 29.4 Å². The third-order valence-corrected chi connectivity index (χ3v) is 7.02. The highest BCUT2D eigenvalue weighted by Gasteiger charge is 2.10. The zero-order valence-electron chi connectivity index (χ0n) is 17.8. The normalized spacial score (nSPS) is 13.9. The predicted molar refractivity (Wildman–Crippen MR) is 118 cm³/mol. The fourth-order valence-corrected chi connectivity index (χ4v) is 5.08. The summed E-state index contributed by atoms with van der Waals surface area (Å²) in [4.78, 5) is 0. The Kier molecular flexibility index (Phi) is 21.8. The van der Waals surface area contributed by atoms with E-state index in [1.165, 1.54) is 24.9 Å². The second-order valence-electron chi connectivity index (χ2n) is 6.45. The maximum atomic E-state index is 6.07. The Morgan fingerprint density at radius 1 is 0.667 bits per heavy atom. The minimum Gasteiger partial charge on any atom is -0.378 e. The van der Waals surface area contributed by atoms with E-state index in [2.05, 4.69) is 0 Å². The van der Waals surface area contributed by atoms with Crippen molar-refractivity contribution in [3.63, 3.8) is 0 Å². The molecule has 0 rings (SSSR count). The molecule has 0 aromatic heterocycles. The first-order valence-electron chi connectivity index (χ1n) is 10.1. The maximum Gasteiger partial charge on any atom is 0.157 e. The molecule has 0 saturated heterocycles. The molecule has 0 aliphatic heterocycles. The van der Waals surface area contributed by atoms with Crippen LogP contribution in [0.15, 0.2) is 0 Å². The molecule has 0 saturated carbocycles. The standard InChI is InChI=1S/C19H43NO5P2/c1-21-18(22-2)9-15-26-13-5-7-17(25-12-6-11-20)8-14-27-16-10-19(23-3)24-4/h17-19,26-27H,5-16,20H2,1-4H3. The second kappa shape index (κ2) is 21.3. The molecule has 0 amide bonds. The van der Waals surface area contributed by atoms with Gasteiger partial charge in [0.15, 0.2) is 12.6 Å². The summed E-state index contributed by atoms with van der Waals surface area (Å²) in [6, 6.07) is 0. The Bertz CT molecular complexity index is 295. The topological polar surface area (TPSA) is 72.2 Å². The average molecular weight is 428 g/mol. The Labute approximate surface area is 170 Å². The Morgan fingerprint density at radius 3 is 1.70 bits per heavy atom. The van der Waals surface area contributed by atoms with Crippen molar-refractivity contribution in [1.29, 1.82) is 0 Å². The monoisotopic (exact) mass is 427 g/mol. The highest BCUT2D eigenvalue weighted by atomic mass is 31.1. The third kappa shape index (κ3) is 17.2. The number of nitrogens with two attached hydrogens (primary N) is 1. The molecule has 3 atom stereocenters. The van der Waals surface area contributed by atoms with Crippen LogP contribution in [0.5, 0.6) is 0 Å². The minimum absolute atomic E-state index is 0.0540. The van der Waals surface area contributed by atoms with E-state index in [-0.39, 0.29) is 12.6 Å². The van der Waals surface area contributed by atoms with Gasteiger partial charge in [0.05, 0.1) is 6.10 Å². The van der Waals surface area contributed by atoms with Crippen molar-refractivity contribution in [2.24, 2.45) is 5.73 Å². The number of rotatable bonds is 21. The highest BCUT2D eigenvalue weighted by Crippen LogP contribution is 2.21. The molecular formula is C19H43NO5P2. The fourth-order valence-electron chi connectivity index (χ4n) is 2.72. The molecule has 0 spiro atoms. The van der Waals surface area contributed by atoms with E-state index >= 15 is 0 Å². The number of hydrogen-bond acceptors (Lipinski definition) is 6. The SMILES string of the molecule is COC(CCPCCCC(CCPCCC(OC)OC)OCCCN)OC. The summed E-state index contributed by atoms with van der Waals surface area (Å²) in [5.41, 5.74) is 5.59. The quantitative estimate of drug-likeness (QED) is 0.172. The highest BCUT2D eigenvalue weighted by molar-refractivity contribution is 7.38. The molecule has 0 bridgehead atoms. The molecule has 2 N–H and O–H groups in total. The number of hydrogen-bond donors (Lipinski definition) is 1. The predicted octanol–water partition coefficient (Wildman–Crippen LogP) is 3.27. The van der Waals surface area contributed by atoms with E-state index in [0.29, 0.717) is 12.6 Å². The number of methoxy groups -OCH3 is 4. The first-order chi connectivity index (χ1) is 13.2. The zero-order chi connectivity index (χ0) is 20.2. The Hall–Kier alpha value is 0.620. The van der Waals surface area contributed by atoms with Crippen LogP contribution in [0.1, 0.15) is 38.5 Å². The van der Waals surface area contributed by atoms with Crippen LogP contribution >= 0.6 is 17.2 Å². The first-order valence-corrected chi connectivity index (χ1v) is 12.9. The summed E-state index contributed by atoms with van der Waals surface area (Å²) < 4.78 is 27.0. The van der Waals surface area contributed by atoms with Crippen LogP contribution in [0.3, 0.4) is 0 Å². The molecular weight excluding hydrogens is 384 g/mol. The van der Waals surface area contributed by atoms with Crippen LogP contribution in [-0.2, 0) is 23.7 Å². The first kappa shape index (κ1) is 27.6. The lowest BCUT2D eigenvalue weighted by Gasteiger charge is -2.18. The fraction of sp³-hybridized carbons (Fsp3) is 1.00. The Morgan fingerprint density at radius 2 is 1.19 bits per heavy atom. The molecule has 8 heteroatoms. The van der Waals surface area contributed by atoms with Gasteiger partial charge in [-0.3, -0.25) is 0 Å². The van der Waals surface area contributed by atoms with Crippen LogP contribution in [0.25, 0.3) is 0 Å². The van der Waals surface area contributed by atoms with Gasteiger partial charge < -0.3 is 29.4 Å². The molecule has 0 aromatic rings. The van der Waals surface area contributed by atoms with Crippen LogP contribution in [0, 0.1) is 0 Å². The molecule has 27 heavy (non-hydrogen) atoms. The minimum atomic E-state index is -0.0640. The summed E-state index contributed by atoms with van der Waals surface area (Å²) in [7, 11) is 8.71. The molecule has 6 nitrogen and oxygen atoms in total. The summed E-state index contributed by atoms with van der Waals surface area (Å²) >= 11 is 0. The van der Waals surface area contributed by atoms with Gasteiger partial charge in [-0.15, -0.1) is 17.2 Å². The van der Waals surface area contributed by atoms with Crippen molar-refractivity contribution in [2.45, 2.75) is 57.2 Å². The second-order valence-corrected chi connectivity index (χ2v) is 9.45. The molecule has 0 fully saturated rings. The van der Waals surface area contributed by atoms with Crippen molar-refractivity contribution < 1.29 is 23.7 Å². The van der Waals surface area contributed by atoms with Crippen molar-refractivity contribution in [1.82, 2.24) is 0 Å². The summed E-state index contributed by atoms with van der Waals surface area (Å²) in [5, 5.41) is 0. The van der Waals surface area contributed by atoms with Crippen LogP contribution in [-0.4, -0.2) is 84.9 Å². The van der Waals surface area contributed by atoms with Gasteiger partial charge in [-0.2, -0.15) is 0 Å². The average Bonchev–Trinajstić information content (AvgIpc) is 2.69. The van der Waals surface area contributed by atoms with Gasteiger partial charge in [0.2, 0.25) is 0 Å². The van der Waals surface area contributed by atoms with Crippen molar-refractivity contribution in [3.8, 4) is 0 Å². The van der Waals surface area contributed by atoms with Gasteiger partial charge >= 0.3 is 0 Å². The lowest BCUT2D eigenvalue weighted by molar-refractivity contribution is -0.102. The van der Waals surface area contributed by atoms with Crippen LogP contribution in [0.2, 0.25) is 0 Å². The molecule has 0 aliphatic carbocycles. The van der Waals surface area contributed by atoms with Crippen molar-refractivity contribution >= 4 is 17.2 Å². The largest absolute Gasteiger partial charge is 0.378 e. The van der Waals surface area contributed by atoms with Crippen molar-refractivity contribution in [2.75, 3.05) is 66.2 Å². The summed E-state index contributed by atoms with van der Waals surface area (Å²) in [6.45, 7) is 1.48. The van der Waals surface area contributed by atoms with Crippen LogP contribution < -0.4 is 5.73 Å². The van der Waals surface area contributed by atoms with E-state index in [9.17, 15) is 0 Å². The van der Waals surface area contributed by atoms with E-state index in [1.807, 2.05) is 0 Å². The van der Waals surface area contributed by atoms with Gasteiger partial charge in [0, 0.05) is 47.9 Å². The summed E-state index contributed by atoms with van der Waals surface area (Å²) in [6.07, 6.45) is 11.5. The molecule has 0 aromatic carbocycles. The molecule has 0 radical (unpaired) electrons. The van der Waals surface area contributed by atoms with Gasteiger partial charge in [0.1, 0.15) is 0 Å². The number of ether oxygens (including phenoxy) is 5.